The molecule has 0 spiro atoms. The summed E-state index contributed by atoms with van der Waals surface area (Å²) >= 11 is 1.03. The molecule has 0 atom stereocenters. The molecule has 0 aliphatic rings. The molecule has 0 bridgehead atoms. The summed E-state index contributed by atoms with van der Waals surface area (Å²) in [6.45, 7) is 7.41. The van der Waals surface area contributed by atoms with E-state index in [1.807, 2.05) is 18.3 Å². The van der Waals surface area contributed by atoms with E-state index in [4.69, 9.17) is 0 Å². The fourth-order valence-corrected chi connectivity index (χ4v) is 1.70. The molecule has 1 rings (SSSR count). The molecule has 3 heteroatoms. The summed E-state index contributed by atoms with van der Waals surface area (Å²) in [5, 5.41) is 11.2. The molecule has 0 saturated carbocycles. The molecule has 2 nitrogen and oxygen atoms in total. The van der Waals surface area contributed by atoms with Crippen LogP contribution in [0.15, 0.2) is 34.3 Å². The molecule has 0 fully saturated rings. The summed E-state index contributed by atoms with van der Waals surface area (Å²) in [5.74, 6) is 0.120. The maximum atomic E-state index is 9.44. The van der Waals surface area contributed by atoms with Gasteiger partial charge in [0.15, 0.2) is 0 Å². The Balaban J connectivity index is 3.30. The quantitative estimate of drug-likeness (QED) is 0.588. The molecule has 0 amide bonds. The third kappa shape index (κ3) is 2.60. The van der Waals surface area contributed by atoms with Crippen LogP contribution in [0.4, 0.5) is 0 Å². The standard InChI is InChI=1S/C11H12NO.Pb/c1-4-5-11(9(3)13)10-6-7-12-8(10)2;/h1,4,6-7,12-13H,2-3,5H2;/b4-1?,11-10-;. The summed E-state index contributed by atoms with van der Waals surface area (Å²) in [7, 11) is 0. The van der Waals surface area contributed by atoms with Crippen molar-refractivity contribution in [1.29, 1.82) is 0 Å². The number of nitrogens with one attached hydrogen (secondary N) is 1. The first-order valence-electron chi connectivity index (χ1n) is 4.23. The fraction of sp³-hybridized carbons (Fsp3) is 0.0909. The topological polar surface area (TPSA) is 36.0 Å². The summed E-state index contributed by atoms with van der Waals surface area (Å²) < 4.78 is 2.08. The summed E-state index contributed by atoms with van der Waals surface area (Å²) in [4.78, 5) is 2.98. The fourth-order valence-electron chi connectivity index (χ4n) is 1.25. The number of aliphatic hydroxyl groups is 1. The number of rotatable bonds is 3. The Bertz CT molecular complexity index is 456. The van der Waals surface area contributed by atoms with Crippen molar-refractivity contribution in [1.82, 2.24) is 4.98 Å². The van der Waals surface area contributed by atoms with E-state index in [1.54, 1.807) is 0 Å². The van der Waals surface area contributed by atoms with E-state index in [1.165, 1.54) is 0 Å². The zero-order valence-corrected chi connectivity index (χ0v) is 11.8. The van der Waals surface area contributed by atoms with Crippen LogP contribution in [0.25, 0.3) is 12.2 Å². The molecule has 1 heterocycles. The molecule has 0 aliphatic carbocycles. The minimum absolute atomic E-state index is 0.120. The molecule has 0 aliphatic heterocycles. The van der Waals surface area contributed by atoms with Gasteiger partial charge in [0, 0.05) is 0 Å². The average Bonchev–Trinajstić information content (AvgIpc) is 2.52. The average molecular weight is 381 g/mol. The van der Waals surface area contributed by atoms with Gasteiger partial charge in [-0.2, -0.15) is 0 Å². The van der Waals surface area contributed by atoms with E-state index in [2.05, 4.69) is 21.8 Å². The number of aromatic amines is 1. The molecule has 2 N–H and O–H groups in total. The van der Waals surface area contributed by atoms with Gasteiger partial charge in [0.1, 0.15) is 0 Å². The molecule has 1 aromatic rings. The van der Waals surface area contributed by atoms with E-state index in [-0.39, 0.29) is 5.76 Å². The number of allylic oxidation sites excluding steroid dienone is 2. The number of hydrogen-bond acceptors (Lipinski definition) is 1. The molecule has 1 aromatic heterocycles. The van der Waals surface area contributed by atoms with Crippen molar-refractivity contribution in [3.8, 4) is 0 Å². The molecule has 71 valence electrons. The van der Waals surface area contributed by atoms with Crippen LogP contribution in [0.2, 0.25) is 0 Å². The Kier molecular flexibility index (Phi) is 4.19. The second kappa shape index (κ2) is 5.19. The zero-order chi connectivity index (χ0) is 10.6. The summed E-state index contributed by atoms with van der Waals surface area (Å²) in [5.41, 5.74) is 0.836. The predicted molar refractivity (Wildman–Crippen MR) is 60.3 cm³/mol. The molecular formula is C11H12NOPb. The Morgan fingerprint density at radius 2 is 2.36 bits per heavy atom. The normalized spacial score (nSPS) is 13.2. The molecular weight excluding hydrogens is 369 g/mol. The van der Waals surface area contributed by atoms with E-state index >= 15 is 0 Å². The van der Waals surface area contributed by atoms with Crippen LogP contribution in [0.5, 0.6) is 0 Å². The molecule has 0 saturated heterocycles. The number of aliphatic hydroxyl groups excluding tert-OH is 1. The van der Waals surface area contributed by atoms with Crippen molar-refractivity contribution in [2.45, 2.75) is 6.42 Å². The van der Waals surface area contributed by atoms with Crippen LogP contribution in [0, 0.1) is 0 Å². The number of H-pyrrole nitrogens is 1. The van der Waals surface area contributed by atoms with Crippen LogP contribution in [-0.4, -0.2) is 35.9 Å². The van der Waals surface area contributed by atoms with E-state index < -0.39 is 0 Å². The second-order valence-corrected chi connectivity index (χ2v) is 4.20. The van der Waals surface area contributed by atoms with Gasteiger partial charge >= 0.3 is 99.3 Å². The van der Waals surface area contributed by atoms with Crippen molar-refractivity contribution in [3.63, 3.8) is 0 Å². The third-order valence-electron chi connectivity index (χ3n) is 1.95. The summed E-state index contributed by atoms with van der Waals surface area (Å²) in [6, 6.07) is 1.90. The maximum absolute atomic E-state index is 9.44. The van der Waals surface area contributed by atoms with E-state index in [9.17, 15) is 5.11 Å². The van der Waals surface area contributed by atoms with Crippen LogP contribution >= 0.6 is 0 Å². The van der Waals surface area contributed by atoms with Crippen LogP contribution < -0.4 is 10.6 Å². The van der Waals surface area contributed by atoms with Gasteiger partial charge in [-0.3, -0.25) is 0 Å². The van der Waals surface area contributed by atoms with Gasteiger partial charge in [0.25, 0.3) is 0 Å². The molecule has 3 radical (unpaired) electrons. The van der Waals surface area contributed by atoms with Gasteiger partial charge in [-0.1, -0.05) is 0 Å². The zero-order valence-electron chi connectivity index (χ0n) is 7.88. The Hall–Kier alpha value is -0.778. The van der Waals surface area contributed by atoms with Crippen molar-refractivity contribution in [2.75, 3.05) is 0 Å². The molecule has 14 heavy (non-hydrogen) atoms. The van der Waals surface area contributed by atoms with Crippen molar-refractivity contribution in [3.05, 3.63) is 44.9 Å². The number of aromatic nitrogens is 1. The SMILES string of the molecule is C=C(O)/C(C/C=[CH]/[Pb])=c1/cc[nH]c1=C. The monoisotopic (exact) mass is 382 g/mol. The first kappa shape index (κ1) is 11.3. The van der Waals surface area contributed by atoms with Crippen molar-refractivity contribution < 1.29 is 5.11 Å². The molecule has 0 aromatic carbocycles. The second-order valence-electron chi connectivity index (χ2n) is 2.90. The summed E-state index contributed by atoms with van der Waals surface area (Å²) in [6.07, 6.45) is 4.56. The minimum atomic E-state index is 0.120. The van der Waals surface area contributed by atoms with Crippen molar-refractivity contribution in [2.24, 2.45) is 0 Å². The van der Waals surface area contributed by atoms with E-state index in [0.29, 0.717) is 6.42 Å². The van der Waals surface area contributed by atoms with Gasteiger partial charge in [-0.05, 0) is 0 Å². The molecule has 0 unspecified atom stereocenters. The van der Waals surface area contributed by atoms with Crippen LogP contribution in [0.3, 0.4) is 0 Å². The van der Waals surface area contributed by atoms with Crippen LogP contribution in [-0.2, 0) is 0 Å². The first-order chi connectivity index (χ1) is 6.66. The number of hydrogen-bond donors (Lipinski definition) is 2. The van der Waals surface area contributed by atoms with Gasteiger partial charge < -0.3 is 0 Å². The predicted octanol–water partition coefficient (Wildman–Crippen LogP) is 0.720. The van der Waals surface area contributed by atoms with Gasteiger partial charge in [0.05, 0.1) is 0 Å². The first-order valence-corrected chi connectivity index (χ1v) is 6.47. The van der Waals surface area contributed by atoms with Crippen LogP contribution in [0.1, 0.15) is 6.42 Å². The Morgan fingerprint density at radius 3 is 2.79 bits per heavy atom. The van der Waals surface area contributed by atoms with Crippen molar-refractivity contribution >= 4 is 37.9 Å². The van der Waals surface area contributed by atoms with E-state index in [0.717, 1.165) is 41.9 Å². The van der Waals surface area contributed by atoms with Gasteiger partial charge in [-0.25, -0.2) is 0 Å². The van der Waals surface area contributed by atoms with Gasteiger partial charge in [-0.15, -0.1) is 0 Å². The van der Waals surface area contributed by atoms with Gasteiger partial charge in [0.2, 0.25) is 0 Å². The Morgan fingerprint density at radius 1 is 1.64 bits per heavy atom. The Labute approximate surface area is 99.0 Å². The third-order valence-corrected chi connectivity index (χ3v) is 2.86.